The van der Waals surface area contributed by atoms with Crippen LogP contribution < -0.4 is 11.3 Å². The normalized spacial score (nSPS) is 14.7. The Kier molecular flexibility index (Phi) is 5.94. The van der Waals surface area contributed by atoms with E-state index in [1.54, 1.807) is 36.1 Å². The fraction of sp³-hybridized carbons (Fsp3) is 0.217. The minimum atomic E-state index is -0.291. The predicted octanol–water partition coefficient (Wildman–Crippen LogP) is 4.54. The number of pyridine rings is 1. The highest BCUT2D eigenvalue weighted by Gasteiger charge is 2.24. The summed E-state index contributed by atoms with van der Waals surface area (Å²) in [6.45, 7) is 3.91. The first-order valence-electron chi connectivity index (χ1n) is 9.25. The molecule has 0 amide bonds. The third-order valence-electron chi connectivity index (χ3n) is 5.10. The smallest absolute Gasteiger partial charge is 0.250 e. The van der Waals surface area contributed by atoms with Gasteiger partial charge in [-0.1, -0.05) is 0 Å². The molecule has 1 aliphatic heterocycles. The lowest BCUT2D eigenvalue weighted by molar-refractivity contribution is 0.628. The van der Waals surface area contributed by atoms with E-state index < -0.39 is 0 Å². The van der Waals surface area contributed by atoms with Gasteiger partial charge >= 0.3 is 0 Å². The Bertz CT molecular complexity index is 1150. The zero-order chi connectivity index (χ0) is 21.3. The maximum Gasteiger partial charge on any atom is 0.250 e. The second kappa shape index (κ2) is 8.25. The number of halogens is 1. The molecule has 6 heteroatoms. The third-order valence-corrected chi connectivity index (χ3v) is 5.10. The van der Waals surface area contributed by atoms with Crippen LogP contribution in [-0.2, 0) is 7.05 Å². The fourth-order valence-electron chi connectivity index (χ4n) is 3.53. The number of nitrogens with zero attached hydrogens (tertiary/aromatic N) is 2. The molecule has 3 aromatic rings. The summed E-state index contributed by atoms with van der Waals surface area (Å²) in [7, 11) is 1.73. The molecule has 2 aromatic carbocycles. The van der Waals surface area contributed by atoms with Gasteiger partial charge in [-0.15, -0.1) is 0 Å². The molecule has 1 aliphatic rings. The largest absolute Gasteiger partial charge is 0.398 e. The van der Waals surface area contributed by atoms with Gasteiger partial charge in [0.2, 0.25) is 0 Å². The minimum absolute atomic E-state index is 0.0809. The highest BCUT2D eigenvalue weighted by molar-refractivity contribution is 7.79. The molecule has 0 fully saturated rings. The van der Waals surface area contributed by atoms with Crippen LogP contribution in [0.5, 0.6) is 0 Å². The van der Waals surface area contributed by atoms with Crippen molar-refractivity contribution in [2.45, 2.75) is 19.9 Å². The van der Waals surface area contributed by atoms with Gasteiger partial charge in [-0.2, -0.15) is 12.6 Å². The van der Waals surface area contributed by atoms with Crippen molar-refractivity contribution in [3.63, 3.8) is 0 Å². The highest BCUT2D eigenvalue weighted by atomic mass is 32.1. The van der Waals surface area contributed by atoms with Crippen LogP contribution in [0.3, 0.4) is 0 Å². The summed E-state index contributed by atoms with van der Waals surface area (Å²) in [5.74, 6) is -0.291. The van der Waals surface area contributed by atoms with Crippen LogP contribution in [0.15, 0.2) is 58.4 Å². The lowest BCUT2D eigenvalue weighted by Gasteiger charge is -2.15. The van der Waals surface area contributed by atoms with E-state index in [1.165, 1.54) is 12.1 Å². The number of aliphatic imine (C=N–C) groups is 1. The molecule has 0 saturated heterocycles. The standard InChI is InChI=1S/C22H20FN3O.CH4S/c1-12-8-18-17(9-20(12)24)19-11-26(3)21(27)10-16(19)13(2)25-22(18)14-4-6-15(23)7-5-14;1-2/h4-11,13H,24H2,1-3H3;2H,1H3/t13-;/m0./s1. The highest BCUT2D eigenvalue weighted by Crippen LogP contribution is 2.38. The van der Waals surface area contributed by atoms with Crippen LogP contribution in [0.25, 0.3) is 11.1 Å². The van der Waals surface area contributed by atoms with E-state index >= 15 is 0 Å². The van der Waals surface area contributed by atoms with Crippen LogP contribution in [-0.4, -0.2) is 16.5 Å². The zero-order valence-corrected chi connectivity index (χ0v) is 17.8. The van der Waals surface area contributed by atoms with Gasteiger partial charge in [0.15, 0.2) is 0 Å². The van der Waals surface area contributed by atoms with Crippen molar-refractivity contribution in [3.8, 4) is 11.1 Å². The fourth-order valence-corrected chi connectivity index (χ4v) is 3.53. The summed E-state index contributed by atoms with van der Waals surface area (Å²) in [6, 6.07) is 11.7. The van der Waals surface area contributed by atoms with Crippen LogP contribution in [0, 0.1) is 12.7 Å². The molecule has 2 heterocycles. The molecule has 0 aliphatic carbocycles. The molecule has 0 spiro atoms. The van der Waals surface area contributed by atoms with Crippen molar-refractivity contribution in [2.24, 2.45) is 12.0 Å². The van der Waals surface area contributed by atoms with Gasteiger partial charge in [-0.3, -0.25) is 9.79 Å². The second-order valence-corrected chi connectivity index (χ2v) is 7.01. The molecule has 0 saturated carbocycles. The van der Waals surface area contributed by atoms with E-state index in [0.717, 1.165) is 39.1 Å². The molecule has 4 rings (SSSR count). The number of anilines is 1. The van der Waals surface area contributed by atoms with E-state index in [2.05, 4.69) is 12.6 Å². The van der Waals surface area contributed by atoms with Crippen molar-refractivity contribution in [1.29, 1.82) is 0 Å². The average molecular weight is 410 g/mol. The molecule has 150 valence electrons. The predicted molar refractivity (Wildman–Crippen MR) is 122 cm³/mol. The Morgan fingerprint density at radius 3 is 2.38 bits per heavy atom. The molecule has 1 aromatic heterocycles. The SMILES string of the molecule is CS.Cc1cc2c(cc1N)-c1cn(C)c(=O)cc1[C@H](C)N=C2c1ccc(F)cc1. The minimum Gasteiger partial charge on any atom is -0.398 e. The Hall–Kier alpha value is -2.86. The first-order chi connectivity index (χ1) is 13.8. The zero-order valence-electron chi connectivity index (χ0n) is 16.9. The van der Waals surface area contributed by atoms with Crippen molar-refractivity contribution >= 4 is 24.0 Å². The summed E-state index contributed by atoms with van der Waals surface area (Å²) in [4.78, 5) is 17.1. The summed E-state index contributed by atoms with van der Waals surface area (Å²) in [5.41, 5.74) is 13.0. The Labute approximate surface area is 175 Å². The number of aryl methyl sites for hydroxylation is 2. The van der Waals surface area contributed by atoms with Gasteiger partial charge in [-0.05, 0) is 73.2 Å². The van der Waals surface area contributed by atoms with Gasteiger partial charge in [0.25, 0.3) is 5.56 Å². The van der Waals surface area contributed by atoms with Gasteiger partial charge < -0.3 is 10.3 Å². The average Bonchev–Trinajstić information content (AvgIpc) is 2.81. The Morgan fingerprint density at radius 2 is 1.72 bits per heavy atom. The Balaban J connectivity index is 0.00000117. The van der Waals surface area contributed by atoms with Gasteiger partial charge in [0.05, 0.1) is 11.8 Å². The van der Waals surface area contributed by atoms with Gasteiger partial charge in [0.1, 0.15) is 5.82 Å². The van der Waals surface area contributed by atoms with E-state index in [9.17, 15) is 9.18 Å². The van der Waals surface area contributed by atoms with E-state index in [1.807, 2.05) is 32.2 Å². The van der Waals surface area contributed by atoms with E-state index in [-0.39, 0.29) is 17.4 Å². The molecule has 0 bridgehead atoms. The van der Waals surface area contributed by atoms with Crippen LogP contribution >= 0.6 is 12.6 Å². The van der Waals surface area contributed by atoms with Crippen LogP contribution in [0.2, 0.25) is 0 Å². The summed E-state index contributed by atoms with van der Waals surface area (Å²) in [5, 5.41) is 0. The lowest BCUT2D eigenvalue weighted by Crippen LogP contribution is -2.17. The first-order valence-corrected chi connectivity index (χ1v) is 10.1. The van der Waals surface area contributed by atoms with Crippen LogP contribution in [0.1, 0.15) is 35.2 Å². The number of rotatable bonds is 1. The molecule has 2 N–H and O–H groups in total. The maximum atomic E-state index is 13.4. The molecular formula is C23H24FN3OS. The molecule has 0 unspecified atom stereocenters. The topological polar surface area (TPSA) is 60.4 Å². The Morgan fingerprint density at radius 1 is 1.07 bits per heavy atom. The first kappa shape index (κ1) is 20.9. The van der Waals surface area contributed by atoms with Crippen molar-refractivity contribution in [2.75, 3.05) is 12.0 Å². The summed E-state index contributed by atoms with van der Waals surface area (Å²) < 4.78 is 15.0. The number of nitrogen functional groups attached to an aromatic ring is 1. The monoisotopic (exact) mass is 409 g/mol. The number of aromatic nitrogens is 1. The third kappa shape index (κ3) is 3.85. The number of fused-ring (bicyclic) bond motifs is 3. The molecule has 29 heavy (non-hydrogen) atoms. The number of hydrogen-bond acceptors (Lipinski definition) is 4. The maximum absolute atomic E-state index is 13.4. The summed E-state index contributed by atoms with van der Waals surface area (Å²) in [6.07, 6.45) is 3.53. The number of thiol groups is 1. The number of hydrogen-bond donors (Lipinski definition) is 2. The summed E-state index contributed by atoms with van der Waals surface area (Å²) >= 11 is 3.53. The van der Waals surface area contributed by atoms with Crippen molar-refractivity contribution < 1.29 is 4.39 Å². The lowest BCUT2D eigenvalue weighted by atomic mass is 9.90. The van der Waals surface area contributed by atoms with Gasteiger partial charge in [0, 0.05) is 41.7 Å². The quantitative estimate of drug-likeness (QED) is 0.458. The van der Waals surface area contributed by atoms with Gasteiger partial charge in [-0.25, -0.2) is 4.39 Å². The molecule has 4 nitrogen and oxygen atoms in total. The van der Waals surface area contributed by atoms with Crippen molar-refractivity contribution in [3.05, 3.63) is 87.1 Å². The van der Waals surface area contributed by atoms with E-state index in [4.69, 9.17) is 10.7 Å². The molecular weight excluding hydrogens is 385 g/mol. The molecule has 1 atom stereocenters. The van der Waals surface area contributed by atoms with Crippen LogP contribution in [0.4, 0.5) is 10.1 Å². The van der Waals surface area contributed by atoms with E-state index in [0.29, 0.717) is 5.69 Å². The number of nitrogens with two attached hydrogens (primary N) is 1. The van der Waals surface area contributed by atoms with Crippen molar-refractivity contribution in [1.82, 2.24) is 4.57 Å². The number of benzene rings is 2. The molecule has 0 radical (unpaired) electrons. The second-order valence-electron chi connectivity index (χ2n) is 7.01.